The van der Waals surface area contributed by atoms with Gasteiger partial charge in [0.2, 0.25) is 0 Å². The molecular weight excluding hydrogens is 1330 g/mol. The molecule has 0 atom stereocenters. The van der Waals surface area contributed by atoms with Gasteiger partial charge < -0.3 is 0 Å². The molecule has 20 aromatic rings. The first kappa shape index (κ1) is 63.3. The summed E-state index contributed by atoms with van der Waals surface area (Å²) in [5.74, 6) is 3.85. The summed E-state index contributed by atoms with van der Waals surface area (Å²) in [6.07, 6.45) is 0. The first-order valence-electron chi connectivity index (χ1n) is 35.3. The van der Waals surface area contributed by atoms with E-state index in [-0.39, 0.29) is 0 Å². The number of rotatable bonds is 12. The fraction of sp³-hybridized carbons (Fsp3) is 0. The van der Waals surface area contributed by atoms with Gasteiger partial charge in [0.25, 0.3) is 0 Å². The van der Waals surface area contributed by atoms with Gasteiger partial charge in [-0.05, 0) is 87.0 Å². The highest BCUT2D eigenvalue weighted by Crippen LogP contribution is 2.46. The summed E-state index contributed by atoms with van der Waals surface area (Å²) in [7, 11) is 0. The standard InChI is InChI=1S/C54H34N4S.C42H26N4S/c1-4-14-35(15-5-1)36-26-28-39(29-27-36)53-56-52(38-18-8-3-9-19-38)57-54(58-53)44-23-13-22-42(33-44)40-20-12-21-41(32-40)43-30-31-45-47(34-43)55-50(37-16-6-2-7-17-37)51-49(45)46-24-10-11-25-48(46)59-51;1-4-12-28(13-5-1)38-39-37(33-18-10-11-19-36(33)47-39)34-26-32(24-25-35(34)43-38)27-20-22-31(23-21-27)42-45-40(29-14-6-2-7-15-29)44-41(46-42)30-16-8-3-9-17-30/h1-34H;1-26H. The lowest BCUT2D eigenvalue weighted by Gasteiger charge is -2.11. The monoisotopic (exact) mass is 1390 g/mol. The maximum absolute atomic E-state index is 5.35. The van der Waals surface area contributed by atoms with Crippen LogP contribution in [0.4, 0.5) is 0 Å². The van der Waals surface area contributed by atoms with Crippen LogP contribution < -0.4 is 0 Å². The lowest BCUT2D eigenvalue weighted by molar-refractivity contribution is 1.07. The highest BCUT2D eigenvalue weighted by Gasteiger charge is 2.21. The topological polar surface area (TPSA) is 103 Å². The molecule has 6 heterocycles. The number of pyridine rings is 2. The van der Waals surface area contributed by atoms with Crippen LogP contribution in [0, 0.1) is 0 Å². The zero-order valence-electron chi connectivity index (χ0n) is 57.0. The molecule has 0 radical (unpaired) electrons. The molecule has 0 saturated carbocycles. The van der Waals surface area contributed by atoms with Gasteiger partial charge in [0, 0.05) is 86.2 Å². The van der Waals surface area contributed by atoms with E-state index in [1.807, 2.05) is 120 Å². The fourth-order valence-electron chi connectivity index (χ4n) is 14.2. The smallest absolute Gasteiger partial charge is 0.164 e. The van der Waals surface area contributed by atoms with E-state index in [2.05, 4.69) is 267 Å². The van der Waals surface area contributed by atoms with E-state index in [0.717, 1.165) is 111 Å². The normalized spacial score (nSPS) is 11.4. The Morgan fingerprint density at radius 3 is 0.896 bits per heavy atom. The van der Waals surface area contributed by atoms with Crippen LogP contribution in [-0.2, 0) is 0 Å². The Morgan fingerprint density at radius 2 is 0.443 bits per heavy atom. The lowest BCUT2D eigenvalue weighted by Crippen LogP contribution is -2.00. The van der Waals surface area contributed by atoms with Crippen molar-refractivity contribution < 1.29 is 0 Å². The van der Waals surface area contributed by atoms with E-state index >= 15 is 0 Å². The molecule has 10 heteroatoms. The largest absolute Gasteiger partial charge is 0.246 e. The molecule has 0 spiro atoms. The van der Waals surface area contributed by atoms with Crippen molar-refractivity contribution in [3.63, 3.8) is 0 Å². The Kier molecular flexibility index (Phi) is 16.5. The van der Waals surface area contributed by atoms with Gasteiger partial charge in [0.15, 0.2) is 34.9 Å². The highest BCUT2D eigenvalue weighted by atomic mass is 32.1. The molecule has 0 fully saturated rings. The van der Waals surface area contributed by atoms with Crippen LogP contribution in [-0.4, -0.2) is 39.9 Å². The highest BCUT2D eigenvalue weighted by molar-refractivity contribution is 7.27. The minimum atomic E-state index is 0.626. The number of benzene rings is 14. The predicted octanol–water partition coefficient (Wildman–Crippen LogP) is 25.6. The number of nitrogens with zero attached hydrogens (tertiary/aromatic N) is 8. The molecule has 106 heavy (non-hydrogen) atoms. The zero-order chi connectivity index (χ0) is 70.3. The van der Waals surface area contributed by atoms with Crippen molar-refractivity contribution in [2.45, 2.75) is 0 Å². The summed E-state index contributed by atoms with van der Waals surface area (Å²) in [6.45, 7) is 0. The Hall–Kier alpha value is -13.6. The molecule has 0 amide bonds. The molecule has 0 bridgehead atoms. The van der Waals surface area contributed by atoms with E-state index in [1.54, 1.807) is 0 Å². The molecule has 0 aliphatic heterocycles. The van der Waals surface area contributed by atoms with Crippen molar-refractivity contribution in [2.75, 3.05) is 0 Å². The van der Waals surface area contributed by atoms with Crippen molar-refractivity contribution in [3.8, 4) is 135 Å². The van der Waals surface area contributed by atoms with Gasteiger partial charge in [-0.15, -0.1) is 22.7 Å². The molecule has 6 aromatic heterocycles. The van der Waals surface area contributed by atoms with E-state index in [1.165, 1.54) is 51.3 Å². The van der Waals surface area contributed by atoms with Crippen LogP contribution in [0.3, 0.4) is 0 Å². The fourth-order valence-corrected chi connectivity index (χ4v) is 16.6. The molecule has 496 valence electrons. The van der Waals surface area contributed by atoms with Gasteiger partial charge in [0.05, 0.1) is 31.8 Å². The van der Waals surface area contributed by atoms with Crippen LogP contribution in [0.2, 0.25) is 0 Å². The third kappa shape index (κ3) is 12.3. The second-order valence-corrected chi connectivity index (χ2v) is 28.2. The second-order valence-electron chi connectivity index (χ2n) is 26.1. The van der Waals surface area contributed by atoms with E-state index in [0.29, 0.717) is 34.9 Å². The zero-order valence-corrected chi connectivity index (χ0v) is 58.7. The maximum Gasteiger partial charge on any atom is 0.164 e. The third-order valence-corrected chi connectivity index (χ3v) is 21.8. The Morgan fingerprint density at radius 1 is 0.160 bits per heavy atom. The summed E-state index contributed by atoms with van der Waals surface area (Å²) >= 11 is 3.64. The summed E-state index contributed by atoms with van der Waals surface area (Å²) in [6, 6.07) is 127. The molecule has 0 aliphatic carbocycles. The average Bonchev–Trinajstić information content (AvgIpc) is 1.55. The first-order chi connectivity index (χ1) is 52.5. The average molecular weight is 1390 g/mol. The number of thiophene rings is 2. The number of fused-ring (bicyclic) bond motifs is 10. The molecule has 8 nitrogen and oxygen atoms in total. The molecule has 0 saturated heterocycles. The van der Waals surface area contributed by atoms with Crippen LogP contribution in [0.5, 0.6) is 0 Å². The van der Waals surface area contributed by atoms with Crippen molar-refractivity contribution in [3.05, 3.63) is 364 Å². The van der Waals surface area contributed by atoms with Gasteiger partial charge in [-0.1, -0.05) is 322 Å². The molecule has 14 aromatic carbocycles. The second kappa shape index (κ2) is 27.6. The maximum atomic E-state index is 5.35. The van der Waals surface area contributed by atoms with Crippen LogP contribution in [0.15, 0.2) is 364 Å². The Labute approximate surface area is 619 Å². The van der Waals surface area contributed by atoms with E-state index in [4.69, 9.17) is 39.9 Å². The van der Waals surface area contributed by atoms with E-state index in [9.17, 15) is 0 Å². The molecule has 0 aliphatic rings. The SMILES string of the molecule is c1ccc(-c2ccc(-c3nc(-c4ccccc4)nc(-c4cccc(-c5cccc(-c6ccc7c(c6)nc(-c6ccccc6)c6sc8ccccc8c67)c5)c4)n3)cc2)cc1.c1ccc(-c2nc(-c3ccccc3)nc(-c3ccc(-c4ccc5nc(-c6ccccc6)c6sc7ccccc7c6c5c4)cc3)n2)cc1. The Balaban J connectivity index is 0.000000149. The minimum absolute atomic E-state index is 0.626. The van der Waals surface area contributed by atoms with Crippen LogP contribution in [0.1, 0.15) is 0 Å². The summed E-state index contributed by atoms with van der Waals surface area (Å²) in [5.41, 5.74) is 21.0. The van der Waals surface area contributed by atoms with Gasteiger partial charge in [-0.3, -0.25) is 0 Å². The minimum Gasteiger partial charge on any atom is -0.246 e. The van der Waals surface area contributed by atoms with Gasteiger partial charge in [-0.25, -0.2) is 39.9 Å². The van der Waals surface area contributed by atoms with Crippen molar-refractivity contribution in [1.82, 2.24) is 39.9 Å². The van der Waals surface area contributed by atoms with Gasteiger partial charge >= 0.3 is 0 Å². The Bertz CT molecular complexity index is 6600. The third-order valence-electron chi connectivity index (χ3n) is 19.5. The molecule has 0 unspecified atom stereocenters. The van der Waals surface area contributed by atoms with Gasteiger partial charge in [-0.2, -0.15) is 0 Å². The summed E-state index contributed by atoms with van der Waals surface area (Å²) in [4.78, 5) is 40.3. The molecule has 20 rings (SSSR count). The molecular formula is C96H60N8S2. The van der Waals surface area contributed by atoms with Crippen LogP contribution in [0.25, 0.3) is 197 Å². The molecule has 0 N–H and O–H groups in total. The summed E-state index contributed by atoms with van der Waals surface area (Å²) in [5, 5.41) is 7.41. The van der Waals surface area contributed by atoms with Crippen LogP contribution >= 0.6 is 22.7 Å². The van der Waals surface area contributed by atoms with Crippen molar-refractivity contribution in [2.24, 2.45) is 0 Å². The number of hydrogen-bond acceptors (Lipinski definition) is 10. The number of aromatic nitrogens is 8. The quantitative estimate of drug-likeness (QED) is 0.119. The van der Waals surface area contributed by atoms with Gasteiger partial charge in [0.1, 0.15) is 0 Å². The summed E-state index contributed by atoms with van der Waals surface area (Å²) < 4.78 is 4.98. The number of hydrogen-bond donors (Lipinski definition) is 0. The van der Waals surface area contributed by atoms with Crippen molar-refractivity contribution in [1.29, 1.82) is 0 Å². The van der Waals surface area contributed by atoms with Crippen molar-refractivity contribution >= 4 is 84.8 Å². The predicted molar refractivity (Wildman–Crippen MR) is 441 cm³/mol. The lowest BCUT2D eigenvalue weighted by atomic mass is 9.96. The first-order valence-corrected chi connectivity index (χ1v) is 36.9. The van der Waals surface area contributed by atoms with E-state index < -0.39 is 0 Å².